The molecule has 0 aliphatic heterocycles. The lowest BCUT2D eigenvalue weighted by Gasteiger charge is -2.28. The minimum absolute atomic E-state index is 0.0503. The molecule has 0 saturated carbocycles. The number of para-hydroxylation sites is 1. The molecule has 49 heavy (non-hydrogen) atoms. The van der Waals surface area contributed by atoms with Gasteiger partial charge in [0.1, 0.15) is 11.2 Å². The lowest BCUT2D eigenvalue weighted by atomic mass is 9.82. The molecule has 1 aromatic heterocycles. The normalized spacial score (nSPS) is 13.3. The van der Waals surface area contributed by atoms with Gasteiger partial charge in [-0.1, -0.05) is 123 Å². The van der Waals surface area contributed by atoms with Gasteiger partial charge >= 0.3 is 0 Å². The van der Waals surface area contributed by atoms with Crippen LogP contribution in [0.25, 0.3) is 65.7 Å². The zero-order valence-electron chi connectivity index (χ0n) is 27.4. The van der Waals surface area contributed by atoms with E-state index in [4.69, 9.17) is 4.42 Å². The third-order valence-electron chi connectivity index (χ3n) is 10.6. The van der Waals surface area contributed by atoms with Crippen molar-refractivity contribution in [1.29, 1.82) is 0 Å². The van der Waals surface area contributed by atoms with Crippen LogP contribution < -0.4 is 4.90 Å². The summed E-state index contributed by atoms with van der Waals surface area (Å²) in [6.45, 7) is 4.68. The molecule has 2 nitrogen and oxygen atoms in total. The van der Waals surface area contributed by atoms with Crippen molar-refractivity contribution in [1.82, 2.24) is 0 Å². The Hall–Kier alpha value is -6.12. The summed E-state index contributed by atoms with van der Waals surface area (Å²) >= 11 is 0. The third-order valence-corrected chi connectivity index (χ3v) is 10.6. The van der Waals surface area contributed by atoms with Crippen LogP contribution in [0.15, 0.2) is 168 Å². The van der Waals surface area contributed by atoms with Gasteiger partial charge < -0.3 is 9.32 Å². The summed E-state index contributed by atoms with van der Waals surface area (Å²) in [5.74, 6) is 0. The number of benzene rings is 8. The van der Waals surface area contributed by atoms with Crippen LogP contribution in [-0.2, 0) is 5.41 Å². The van der Waals surface area contributed by atoms with Crippen LogP contribution in [0, 0.1) is 0 Å². The van der Waals surface area contributed by atoms with E-state index in [2.05, 4.69) is 170 Å². The standard InChI is InChI=1S/C47H33NO/c1-47(2)43-19-7-5-16-39(43)41-29-36(23-24-44(41)47)48(34-14-9-13-32(25-34)38-18-10-12-30-11-3-4-15-37(30)38)35-22-21-31-28-46-42(27-33(31)26-35)40-17-6-8-20-45(40)49-46/h3-29H,1-2H3. The van der Waals surface area contributed by atoms with Gasteiger partial charge in [-0.2, -0.15) is 0 Å². The van der Waals surface area contributed by atoms with Crippen molar-refractivity contribution in [2.75, 3.05) is 4.90 Å². The van der Waals surface area contributed by atoms with E-state index in [0.717, 1.165) is 44.4 Å². The first-order valence-electron chi connectivity index (χ1n) is 17.0. The first-order valence-corrected chi connectivity index (χ1v) is 17.0. The van der Waals surface area contributed by atoms with Crippen molar-refractivity contribution in [2.45, 2.75) is 19.3 Å². The number of furan rings is 1. The van der Waals surface area contributed by atoms with Gasteiger partial charge in [-0.15, -0.1) is 0 Å². The molecule has 1 aliphatic carbocycles. The van der Waals surface area contributed by atoms with E-state index in [0.29, 0.717) is 0 Å². The topological polar surface area (TPSA) is 16.4 Å². The maximum atomic E-state index is 6.24. The maximum absolute atomic E-state index is 6.24. The summed E-state index contributed by atoms with van der Waals surface area (Å²) in [6, 6.07) is 59.7. The molecule has 0 saturated heterocycles. The highest BCUT2D eigenvalue weighted by Gasteiger charge is 2.35. The van der Waals surface area contributed by atoms with Crippen LogP contribution >= 0.6 is 0 Å². The second-order valence-electron chi connectivity index (χ2n) is 13.8. The number of nitrogens with zero attached hydrogens (tertiary/aromatic N) is 1. The fraction of sp³-hybridized carbons (Fsp3) is 0.0638. The minimum Gasteiger partial charge on any atom is -0.456 e. The SMILES string of the molecule is CC1(C)c2ccccc2-c2cc(N(c3cccc(-c4cccc5ccccc45)c3)c3ccc4cc5oc6ccccc6c5cc4c3)ccc21. The summed E-state index contributed by atoms with van der Waals surface area (Å²) < 4.78 is 6.24. The Balaban J connectivity index is 1.19. The van der Waals surface area contributed by atoms with Crippen LogP contribution in [0.5, 0.6) is 0 Å². The van der Waals surface area contributed by atoms with E-state index < -0.39 is 0 Å². The average molecular weight is 628 g/mol. The summed E-state index contributed by atoms with van der Waals surface area (Å²) in [5.41, 5.74) is 13.0. The molecule has 2 heteroatoms. The second-order valence-corrected chi connectivity index (χ2v) is 13.8. The molecule has 0 fully saturated rings. The fourth-order valence-corrected chi connectivity index (χ4v) is 8.18. The molecule has 8 aromatic carbocycles. The monoisotopic (exact) mass is 627 g/mol. The summed E-state index contributed by atoms with van der Waals surface area (Å²) in [5, 5.41) is 7.12. The maximum Gasteiger partial charge on any atom is 0.136 e. The molecule has 232 valence electrons. The van der Waals surface area contributed by atoms with Crippen molar-refractivity contribution < 1.29 is 4.42 Å². The number of hydrogen-bond acceptors (Lipinski definition) is 2. The summed E-state index contributed by atoms with van der Waals surface area (Å²) in [7, 11) is 0. The van der Waals surface area contributed by atoms with Gasteiger partial charge in [-0.25, -0.2) is 0 Å². The smallest absolute Gasteiger partial charge is 0.136 e. The van der Waals surface area contributed by atoms with E-state index in [1.807, 2.05) is 12.1 Å². The highest BCUT2D eigenvalue weighted by molar-refractivity contribution is 6.10. The van der Waals surface area contributed by atoms with Gasteiger partial charge in [0, 0.05) is 33.2 Å². The molecule has 0 radical (unpaired) electrons. The van der Waals surface area contributed by atoms with Gasteiger partial charge in [0.05, 0.1) is 0 Å². The number of fused-ring (bicyclic) bond motifs is 8. The van der Waals surface area contributed by atoms with Crippen LogP contribution in [0.4, 0.5) is 17.1 Å². The van der Waals surface area contributed by atoms with E-state index >= 15 is 0 Å². The molecule has 0 unspecified atom stereocenters. The van der Waals surface area contributed by atoms with E-state index in [-0.39, 0.29) is 5.41 Å². The Labute approximate surface area is 285 Å². The molecule has 0 bridgehead atoms. The van der Waals surface area contributed by atoms with Crippen molar-refractivity contribution in [3.05, 3.63) is 175 Å². The van der Waals surface area contributed by atoms with Gasteiger partial charge in [-0.3, -0.25) is 0 Å². The van der Waals surface area contributed by atoms with Crippen molar-refractivity contribution >= 4 is 60.5 Å². The molecule has 0 atom stereocenters. The molecule has 0 amide bonds. The Morgan fingerprint density at radius 1 is 0.408 bits per heavy atom. The van der Waals surface area contributed by atoms with Crippen LogP contribution in [-0.4, -0.2) is 0 Å². The summed E-state index contributed by atoms with van der Waals surface area (Å²) in [6.07, 6.45) is 0. The number of rotatable bonds is 4. The van der Waals surface area contributed by atoms with Crippen molar-refractivity contribution in [3.8, 4) is 22.3 Å². The highest BCUT2D eigenvalue weighted by Crippen LogP contribution is 2.51. The first-order chi connectivity index (χ1) is 24.0. The fourth-order valence-electron chi connectivity index (χ4n) is 8.18. The molecule has 9 aromatic rings. The van der Waals surface area contributed by atoms with Crippen molar-refractivity contribution in [3.63, 3.8) is 0 Å². The Bertz CT molecular complexity index is 2760. The number of anilines is 3. The highest BCUT2D eigenvalue weighted by atomic mass is 16.3. The number of hydrogen-bond donors (Lipinski definition) is 0. The second kappa shape index (κ2) is 10.4. The van der Waals surface area contributed by atoms with Crippen LogP contribution in [0.3, 0.4) is 0 Å². The van der Waals surface area contributed by atoms with Gasteiger partial charge in [0.15, 0.2) is 0 Å². The van der Waals surface area contributed by atoms with Gasteiger partial charge in [-0.05, 0) is 110 Å². The Morgan fingerprint density at radius 3 is 2.04 bits per heavy atom. The van der Waals surface area contributed by atoms with E-state index in [1.165, 1.54) is 49.5 Å². The van der Waals surface area contributed by atoms with Gasteiger partial charge in [0.2, 0.25) is 0 Å². The van der Waals surface area contributed by atoms with Crippen LogP contribution in [0.1, 0.15) is 25.0 Å². The zero-order valence-corrected chi connectivity index (χ0v) is 27.4. The molecule has 0 spiro atoms. The largest absolute Gasteiger partial charge is 0.456 e. The molecule has 1 aliphatic rings. The minimum atomic E-state index is -0.0503. The molecule has 0 N–H and O–H groups in total. The Kier molecular flexibility index (Phi) is 5.95. The molecule has 1 heterocycles. The average Bonchev–Trinajstić information content (AvgIpc) is 3.61. The molecule has 10 rings (SSSR count). The predicted octanol–water partition coefficient (Wildman–Crippen LogP) is 13.3. The van der Waals surface area contributed by atoms with E-state index in [9.17, 15) is 0 Å². The summed E-state index contributed by atoms with van der Waals surface area (Å²) in [4.78, 5) is 2.42. The Morgan fingerprint density at radius 2 is 1.10 bits per heavy atom. The lowest BCUT2D eigenvalue weighted by molar-refractivity contribution is 0.660. The molecular formula is C47H33NO. The van der Waals surface area contributed by atoms with Crippen molar-refractivity contribution in [2.24, 2.45) is 0 Å². The third kappa shape index (κ3) is 4.27. The quantitative estimate of drug-likeness (QED) is 0.193. The first kappa shape index (κ1) is 27.9. The molecular weight excluding hydrogens is 595 g/mol. The lowest BCUT2D eigenvalue weighted by Crippen LogP contribution is -2.15. The van der Waals surface area contributed by atoms with Crippen LogP contribution in [0.2, 0.25) is 0 Å². The van der Waals surface area contributed by atoms with Gasteiger partial charge in [0.25, 0.3) is 0 Å². The zero-order chi connectivity index (χ0) is 32.7. The van der Waals surface area contributed by atoms with E-state index in [1.54, 1.807) is 0 Å². The predicted molar refractivity (Wildman–Crippen MR) is 206 cm³/mol.